The molecular formula is C24H23Cl2N3O3. The highest BCUT2D eigenvalue weighted by Crippen LogP contribution is 2.41. The van der Waals surface area contributed by atoms with E-state index in [1.807, 2.05) is 42.8 Å². The second kappa shape index (κ2) is 7.71. The molecule has 2 aliphatic rings. The third-order valence-corrected chi connectivity index (χ3v) is 6.97. The van der Waals surface area contributed by atoms with E-state index in [9.17, 15) is 9.59 Å². The Morgan fingerprint density at radius 1 is 1.12 bits per heavy atom. The molecule has 2 heterocycles. The molecule has 1 aromatic heterocycles. The smallest absolute Gasteiger partial charge is 0.268 e. The van der Waals surface area contributed by atoms with Gasteiger partial charge in [-0.05, 0) is 44.0 Å². The molecule has 2 N–H and O–H groups in total. The number of halogens is 2. The average Bonchev–Trinajstić information content (AvgIpc) is 3.39. The van der Waals surface area contributed by atoms with Crippen LogP contribution in [0.15, 0.2) is 36.4 Å². The van der Waals surface area contributed by atoms with Crippen molar-refractivity contribution >= 4 is 45.9 Å². The first-order valence-electron chi connectivity index (χ1n) is 10.6. The fraction of sp³-hybridized carbons (Fsp3) is 0.333. The second-order valence-corrected chi connectivity index (χ2v) is 9.63. The Morgan fingerprint density at radius 2 is 1.91 bits per heavy atom. The lowest BCUT2D eigenvalue weighted by Crippen LogP contribution is -2.35. The van der Waals surface area contributed by atoms with Crippen LogP contribution in [0.25, 0.3) is 10.9 Å². The number of hydrogen-bond acceptors (Lipinski definition) is 3. The molecule has 8 heteroatoms. The van der Waals surface area contributed by atoms with Gasteiger partial charge in [-0.3, -0.25) is 9.59 Å². The van der Waals surface area contributed by atoms with Gasteiger partial charge in [0.15, 0.2) is 0 Å². The van der Waals surface area contributed by atoms with Crippen molar-refractivity contribution in [3.63, 3.8) is 0 Å². The Bertz CT molecular complexity index is 1260. The minimum absolute atomic E-state index is 0.142. The molecule has 0 unspecified atom stereocenters. The highest BCUT2D eigenvalue weighted by atomic mass is 35.5. The van der Waals surface area contributed by atoms with Crippen molar-refractivity contribution in [2.75, 3.05) is 6.61 Å². The van der Waals surface area contributed by atoms with E-state index in [0.717, 1.165) is 29.3 Å². The Hall–Kier alpha value is -2.70. The molecule has 1 aliphatic carbocycles. The highest BCUT2D eigenvalue weighted by Gasteiger charge is 2.39. The molecule has 2 amide bonds. The van der Waals surface area contributed by atoms with E-state index >= 15 is 0 Å². The van der Waals surface area contributed by atoms with E-state index in [4.69, 9.17) is 27.9 Å². The molecule has 1 atom stereocenters. The van der Waals surface area contributed by atoms with Gasteiger partial charge in [0.1, 0.15) is 11.4 Å². The van der Waals surface area contributed by atoms with Crippen LogP contribution in [0.4, 0.5) is 0 Å². The maximum atomic E-state index is 13.1. The molecule has 6 nitrogen and oxygen atoms in total. The molecule has 2 aromatic carbocycles. The van der Waals surface area contributed by atoms with Crippen molar-refractivity contribution in [2.24, 2.45) is 7.05 Å². The molecule has 1 saturated carbocycles. The summed E-state index contributed by atoms with van der Waals surface area (Å²) in [5.41, 5.74) is 2.44. The Morgan fingerprint density at radius 3 is 2.66 bits per heavy atom. The van der Waals surface area contributed by atoms with Gasteiger partial charge in [-0.2, -0.15) is 0 Å². The van der Waals surface area contributed by atoms with E-state index in [0.29, 0.717) is 35.1 Å². The molecule has 0 saturated heterocycles. The number of ether oxygens (including phenoxy) is 1. The van der Waals surface area contributed by atoms with Gasteiger partial charge >= 0.3 is 0 Å². The topological polar surface area (TPSA) is 72.4 Å². The van der Waals surface area contributed by atoms with E-state index in [-0.39, 0.29) is 28.4 Å². The molecule has 32 heavy (non-hydrogen) atoms. The minimum Gasteiger partial charge on any atom is -0.492 e. The van der Waals surface area contributed by atoms with Gasteiger partial charge in [0.05, 0.1) is 23.2 Å². The molecule has 0 bridgehead atoms. The van der Waals surface area contributed by atoms with Crippen molar-refractivity contribution in [1.29, 1.82) is 0 Å². The van der Waals surface area contributed by atoms with Crippen molar-refractivity contribution in [3.05, 3.63) is 63.3 Å². The SMILES string of the molecule is Cn1c(C(=O)N[C@@H]2CCOc3c2ccc(C(=O)NC2(C)CC2)c3Cl)cc2ccc(Cl)cc21. The fourth-order valence-corrected chi connectivity index (χ4v) is 4.64. The first-order chi connectivity index (χ1) is 15.3. The lowest BCUT2D eigenvalue weighted by molar-refractivity contribution is 0.0910. The number of aromatic nitrogens is 1. The molecule has 3 aromatic rings. The van der Waals surface area contributed by atoms with Gasteiger partial charge in [-0.15, -0.1) is 0 Å². The maximum Gasteiger partial charge on any atom is 0.268 e. The third-order valence-electron chi connectivity index (χ3n) is 6.36. The second-order valence-electron chi connectivity index (χ2n) is 8.82. The van der Waals surface area contributed by atoms with Crippen LogP contribution >= 0.6 is 23.2 Å². The zero-order valence-corrected chi connectivity index (χ0v) is 19.3. The molecule has 1 fully saturated rings. The van der Waals surface area contributed by atoms with Crippen LogP contribution in [0.3, 0.4) is 0 Å². The predicted octanol–water partition coefficient (Wildman–Crippen LogP) is 5.02. The van der Waals surface area contributed by atoms with Crippen molar-refractivity contribution in [2.45, 2.75) is 37.8 Å². The first kappa shape index (κ1) is 21.2. The summed E-state index contributed by atoms with van der Waals surface area (Å²) in [7, 11) is 1.84. The largest absolute Gasteiger partial charge is 0.492 e. The Balaban J connectivity index is 1.41. The van der Waals surface area contributed by atoms with E-state index in [2.05, 4.69) is 10.6 Å². The Labute approximate surface area is 195 Å². The molecule has 0 radical (unpaired) electrons. The predicted molar refractivity (Wildman–Crippen MR) is 125 cm³/mol. The van der Waals surface area contributed by atoms with Gasteiger partial charge in [-0.25, -0.2) is 0 Å². The lowest BCUT2D eigenvalue weighted by Gasteiger charge is -2.28. The number of amides is 2. The van der Waals surface area contributed by atoms with Crippen LogP contribution in [0.2, 0.25) is 10.0 Å². The summed E-state index contributed by atoms with van der Waals surface area (Å²) in [6, 6.07) is 10.6. The van der Waals surface area contributed by atoms with Gasteiger partial charge in [-0.1, -0.05) is 35.3 Å². The van der Waals surface area contributed by atoms with Crippen molar-refractivity contribution < 1.29 is 14.3 Å². The molecular weight excluding hydrogens is 449 g/mol. The van der Waals surface area contributed by atoms with E-state index in [1.54, 1.807) is 12.1 Å². The summed E-state index contributed by atoms with van der Waals surface area (Å²) in [4.78, 5) is 25.8. The third kappa shape index (κ3) is 3.71. The summed E-state index contributed by atoms with van der Waals surface area (Å²) in [5, 5.41) is 7.96. The lowest BCUT2D eigenvalue weighted by atomic mass is 9.98. The average molecular weight is 472 g/mol. The van der Waals surface area contributed by atoms with E-state index < -0.39 is 0 Å². The highest BCUT2D eigenvalue weighted by molar-refractivity contribution is 6.35. The number of carbonyl (C=O) groups excluding carboxylic acids is 2. The van der Waals surface area contributed by atoms with Crippen LogP contribution in [0, 0.1) is 0 Å². The number of carbonyl (C=O) groups is 2. The van der Waals surface area contributed by atoms with Crippen LogP contribution in [-0.4, -0.2) is 28.5 Å². The first-order valence-corrected chi connectivity index (χ1v) is 11.3. The maximum absolute atomic E-state index is 13.1. The number of rotatable bonds is 4. The zero-order valence-electron chi connectivity index (χ0n) is 17.8. The molecule has 166 valence electrons. The number of nitrogens with zero attached hydrogens (tertiary/aromatic N) is 1. The van der Waals surface area contributed by atoms with Crippen LogP contribution < -0.4 is 15.4 Å². The summed E-state index contributed by atoms with van der Waals surface area (Å²) < 4.78 is 7.64. The van der Waals surface area contributed by atoms with E-state index in [1.165, 1.54) is 0 Å². The van der Waals surface area contributed by atoms with Gasteiger partial charge in [0, 0.05) is 40.5 Å². The monoisotopic (exact) mass is 471 g/mol. The number of aryl methyl sites for hydroxylation is 1. The standard InChI is InChI=1S/C24H23Cl2N3O3/c1-24(8-9-24)28-22(30)16-6-5-15-17(7-10-32-21(15)20(16)26)27-23(31)19-11-13-3-4-14(25)12-18(13)29(19)2/h3-6,11-12,17H,7-10H2,1-2H3,(H,27,31)(H,28,30)/t17-/m1/s1. The number of fused-ring (bicyclic) bond motifs is 2. The van der Waals surface area contributed by atoms with Gasteiger partial charge in [0.2, 0.25) is 0 Å². The number of hydrogen-bond donors (Lipinski definition) is 2. The molecule has 1 aliphatic heterocycles. The fourth-order valence-electron chi connectivity index (χ4n) is 4.16. The van der Waals surface area contributed by atoms with Crippen molar-refractivity contribution in [3.8, 4) is 5.75 Å². The van der Waals surface area contributed by atoms with Gasteiger partial charge < -0.3 is 19.9 Å². The van der Waals surface area contributed by atoms with Crippen LogP contribution in [-0.2, 0) is 7.05 Å². The molecule has 0 spiro atoms. The summed E-state index contributed by atoms with van der Waals surface area (Å²) >= 11 is 12.7. The minimum atomic E-state index is -0.275. The van der Waals surface area contributed by atoms with Crippen molar-refractivity contribution in [1.82, 2.24) is 15.2 Å². The van der Waals surface area contributed by atoms with Crippen LogP contribution in [0.1, 0.15) is 58.6 Å². The van der Waals surface area contributed by atoms with Crippen LogP contribution in [0.5, 0.6) is 5.75 Å². The summed E-state index contributed by atoms with van der Waals surface area (Å²) in [5.74, 6) is 0.0552. The Kier molecular flexibility index (Phi) is 5.10. The summed E-state index contributed by atoms with van der Waals surface area (Å²) in [6.07, 6.45) is 2.53. The number of benzene rings is 2. The number of nitrogens with one attached hydrogen (secondary N) is 2. The zero-order chi connectivity index (χ0) is 22.6. The van der Waals surface area contributed by atoms with Gasteiger partial charge in [0.25, 0.3) is 11.8 Å². The quantitative estimate of drug-likeness (QED) is 0.560. The normalized spacial score (nSPS) is 18.6. The molecule has 5 rings (SSSR count). The summed E-state index contributed by atoms with van der Waals surface area (Å²) in [6.45, 7) is 2.41.